The van der Waals surface area contributed by atoms with E-state index in [-0.39, 0.29) is 0 Å². The fourth-order valence-corrected chi connectivity index (χ4v) is 2.07. The number of hydrogen-bond acceptors (Lipinski definition) is 4. The van der Waals surface area contributed by atoms with Crippen LogP contribution in [0, 0.1) is 0 Å². The Morgan fingerprint density at radius 2 is 2.00 bits per heavy atom. The Morgan fingerprint density at radius 1 is 1.21 bits per heavy atom. The number of nitrogens with zero attached hydrogens (tertiary/aromatic N) is 4. The maximum Gasteiger partial charge on any atom is 0.155 e. The first-order chi connectivity index (χ1) is 9.29. The molecule has 96 valence electrons. The summed E-state index contributed by atoms with van der Waals surface area (Å²) in [5.41, 5.74) is 2.10. The Hall–Kier alpha value is -2.27. The monoisotopic (exact) mass is 254 g/mol. The second-order valence-electron chi connectivity index (χ2n) is 4.26. The molecule has 0 saturated heterocycles. The van der Waals surface area contributed by atoms with Gasteiger partial charge in [-0.05, 0) is 19.1 Å². The van der Waals surface area contributed by atoms with E-state index in [1.54, 1.807) is 12.4 Å². The van der Waals surface area contributed by atoms with E-state index in [1.807, 2.05) is 42.0 Å². The lowest BCUT2D eigenvalue weighted by atomic mass is 10.2. The third kappa shape index (κ3) is 2.08. The van der Waals surface area contributed by atoms with Crippen LogP contribution in [0.5, 0.6) is 0 Å². The molecular formula is C14H14N4O. The van der Waals surface area contributed by atoms with Crippen molar-refractivity contribution in [3.63, 3.8) is 0 Å². The van der Waals surface area contributed by atoms with Gasteiger partial charge in [0.05, 0.1) is 22.9 Å². The fourth-order valence-electron chi connectivity index (χ4n) is 2.07. The van der Waals surface area contributed by atoms with E-state index in [0.29, 0.717) is 11.5 Å². The lowest BCUT2D eigenvalue weighted by Gasteiger charge is -2.11. The average molecular weight is 254 g/mol. The second kappa shape index (κ2) is 4.78. The van der Waals surface area contributed by atoms with Gasteiger partial charge in [0.15, 0.2) is 6.10 Å². The lowest BCUT2D eigenvalue weighted by Crippen LogP contribution is -2.10. The highest BCUT2D eigenvalue weighted by atomic mass is 16.3. The van der Waals surface area contributed by atoms with Gasteiger partial charge in [0.25, 0.3) is 0 Å². The van der Waals surface area contributed by atoms with Crippen molar-refractivity contribution in [2.75, 3.05) is 0 Å². The van der Waals surface area contributed by atoms with Crippen molar-refractivity contribution in [3.05, 3.63) is 54.4 Å². The molecule has 1 unspecified atom stereocenters. The van der Waals surface area contributed by atoms with Crippen molar-refractivity contribution in [2.24, 2.45) is 0 Å². The van der Waals surface area contributed by atoms with Crippen molar-refractivity contribution in [1.29, 1.82) is 0 Å². The number of rotatable bonds is 3. The van der Waals surface area contributed by atoms with Crippen LogP contribution in [0.1, 0.15) is 24.5 Å². The zero-order chi connectivity index (χ0) is 13.2. The van der Waals surface area contributed by atoms with E-state index in [2.05, 4.69) is 15.0 Å². The standard InChI is InChI=1S/C14H14N4O/c1-2-18-8-7-15-14(18)13(19)12-9-16-10-5-3-4-6-11(10)17-12/h3-9,13,19H,2H2,1H3. The molecule has 0 bridgehead atoms. The number of aryl methyl sites for hydroxylation is 1. The normalized spacial score (nSPS) is 12.7. The number of hydrogen-bond donors (Lipinski definition) is 1. The van der Waals surface area contributed by atoms with Gasteiger partial charge in [-0.25, -0.2) is 9.97 Å². The minimum Gasteiger partial charge on any atom is -0.379 e. The summed E-state index contributed by atoms with van der Waals surface area (Å²) in [7, 11) is 0. The van der Waals surface area contributed by atoms with Crippen LogP contribution in [-0.2, 0) is 6.54 Å². The molecule has 1 N–H and O–H groups in total. The summed E-state index contributed by atoms with van der Waals surface area (Å²) in [5, 5.41) is 10.4. The number of aliphatic hydroxyl groups excluding tert-OH is 1. The first-order valence-corrected chi connectivity index (χ1v) is 6.20. The summed E-state index contributed by atoms with van der Waals surface area (Å²) >= 11 is 0. The molecule has 5 nitrogen and oxygen atoms in total. The van der Waals surface area contributed by atoms with Crippen LogP contribution in [0.25, 0.3) is 11.0 Å². The van der Waals surface area contributed by atoms with Gasteiger partial charge in [0.2, 0.25) is 0 Å². The van der Waals surface area contributed by atoms with Gasteiger partial charge >= 0.3 is 0 Å². The zero-order valence-corrected chi connectivity index (χ0v) is 10.6. The molecule has 3 rings (SSSR count). The van der Waals surface area contributed by atoms with Crippen molar-refractivity contribution in [3.8, 4) is 0 Å². The van der Waals surface area contributed by atoms with Crippen LogP contribution >= 0.6 is 0 Å². The first-order valence-electron chi connectivity index (χ1n) is 6.20. The fraction of sp³-hybridized carbons (Fsp3) is 0.214. The van der Waals surface area contributed by atoms with Gasteiger partial charge < -0.3 is 9.67 Å². The van der Waals surface area contributed by atoms with Crippen LogP contribution in [0.3, 0.4) is 0 Å². The zero-order valence-electron chi connectivity index (χ0n) is 10.6. The van der Waals surface area contributed by atoms with Crippen molar-refractivity contribution in [2.45, 2.75) is 19.6 Å². The van der Waals surface area contributed by atoms with Crippen LogP contribution in [0.4, 0.5) is 0 Å². The number of imidazole rings is 1. The summed E-state index contributed by atoms with van der Waals surface area (Å²) in [6, 6.07) is 7.59. The second-order valence-corrected chi connectivity index (χ2v) is 4.26. The quantitative estimate of drug-likeness (QED) is 0.775. The molecule has 1 aromatic carbocycles. The number of para-hydroxylation sites is 2. The van der Waals surface area contributed by atoms with Crippen molar-refractivity contribution >= 4 is 11.0 Å². The molecule has 3 aromatic rings. The minimum absolute atomic E-state index is 0.514. The van der Waals surface area contributed by atoms with Gasteiger partial charge in [0, 0.05) is 18.9 Å². The third-order valence-electron chi connectivity index (χ3n) is 3.08. The molecule has 0 amide bonds. The molecule has 0 spiro atoms. The summed E-state index contributed by atoms with van der Waals surface area (Å²) in [4.78, 5) is 12.9. The van der Waals surface area contributed by atoms with Gasteiger partial charge in [-0.3, -0.25) is 4.98 Å². The Bertz CT molecular complexity index is 707. The predicted molar refractivity (Wildman–Crippen MR) is 71.5 cm³/mol. The van der Waals surface area contributed by atoms with Gasteiger partial charge in [-0.1, -0.05) is 12.1 Å². The third-order valence-corrected chi connectivity index (χ3v) is 3.08. The molecule has 19 heavy (non-hydrogen) atoms. The molecule has 0 fully saturated rings. The van der Waals surface area contributed by atoms with Crippen LogP contribution in [0.15, 0.2) is 42.9 Å². The number of aliphatic hydroxyl groups is 1. The Morgan fingerprint density at radius 3 is 2.79 bits per heavy atom. The molecule has 0 aliphatic heterocycles. The minimum atomic E-state index is -0.855. The molecule has 0 saturated carbocycles. The van der Waals surface area contributed by atoms with Crippen LogP contribution < -0.4 is 0 Å². The van der Waals surface area contributed by atoms with E-state index in [1.165, 1.54) is 0 Å². The summed E-state index contributed by atoms with van der Waals surface area (Å²) in [6.45, 7) is 2.76. The highest BCUT2D eigenvalue weighted by Gasteiger charge is 2.17. The maximum absolute atomic E-state index is 10.4. The SMILES string of the molecule is CCn1ccnc1C(O)c1cnc2ccccc2n1. The molecule has 5 heteroatoms. The Labute approximate surface area is 110 Å². The van der Waals surface area contributed by atoms with Crippen LogP contribution in [0.2, 0.25) is 0 Å². The summed E-state index contributed by atoms with van der Waals surface area (Å²) in [6.07, 6.45) is 4.26. The van der Waals surface area contributed by atoms with E-state index in [4.69, 9.17) is 0 Å². The first kappa shape index (κ1) is 11.8. The molecule has 0 radical (unpaired) electrons. The molecule has 1 atom stereocenters. The molecule has 0 aliphatic carbocycles. The Kier molecular flexibility index (Phi) is 2.97. The highest BCUT2D eigenvalue weighted by Crippen LogP contribution is 2.20. The summed E-state index contributed by atoms with van der Waals surface area (Å²) in [5.74, 6) is 0.590. The smallest absolute Gasteiger partial charge is 0.155 e. The van der Waals surface area contributed by atoms with E-state index in [0.717, 1.165) is 17.6 Å². The van der Waals surface area contributed by atoms with Crippen molar-refractivity contribution in [1.82, 2.24) is 19.5 Å². The molecule has 2 aromatic heterocycles. The van der Waals surface area contributed by atoms with E-state index < -0.39 is 6.10 Å². The highest BCUT2D eigenvalue weighted by molar-refractivity contribution is 5.73. The lowest BCUT2D eigenvalue weighted by molar-refractivity contribution is 0.200. The number of fused-ring (bicyclic) bond motifs is 1. The number of benzene rings is 1. The van der Waals surface area contributed by atoms with Crippen molar-refractivity contribution < 1.29 is 5.11 Å². The largest absolute Gasteiger partial charge is 0.379 e. The topological polar surface area (TPSA) is 63.8 Å². The van der Waals surface area contributed by atoms with Gasteiger partial charge in [-0.2, -0.15) is 0 Å². The Balaban J connectivity index is 2.04. The number of aromatic nitrogens is 4. The summed E-state index contributed by atoms with van der Waals surface area (Å²) < 4.78 is 1.89. The van der Waals surface area contributed by atoms with Gasteiger partial charge in [0.1, 0.15) is 5.82 Å². The molecule has 2 heterocycles. The molecule has 0 aliphatic rings. The maximum atomic E-state index is 10.4. The average Bonchev–Trinajstić information content (AvgIpc) is 2.94. The van der Waals surface area contributed by atoms with E-state index in [9.17, 15) is 5.11 Å². The van der Waals surface area contributed by atoms with E-state index >= 15 is 0 Å². The van der Waals surface area contributed by atoms with Gasteiger partial charge in [-0.15, -0.1) is 0 Å². The molecular weight excluding hydrogens is 240 g/mol. The predicted octanol–water partition coefficient (Wildman–Crippen LogP) is 1.93. The van der Waals surface area contributed by atoms with Crippen LogP contribution in [-0.4, -0.2) is 24.6 Å².